The van der Waals surface area contributed by atoms with Crippen molar-refractivity contribution in [2.45, 2.75) is 38.3 Å². The number of fused-ring (bicyclic) bond motifs is 1. The molecule has 0 bridgehead atoms. The van der Waals surface area contributed by atoms with Gasteiger partial charge in [0.25, 0.3) is 5.91 Å². The lowest BCUT2D eigenvalue weighted by atomic mass is 9.86. The van der Waals surface area contributed by atoms with Crippen LogP contribution in [-0.4, -0.2) is 51.8 Å². The fourth-order valence-electron chi connectivity index (χ4n) is 4.44. The Morgan fingerprint density at radius 2 is 1.97 bits per heavy atom. The number of carbonyl (C=O) groups is 2. The summed E-state index contributed by atoms with van der Waals surface area (Å²) in [5.41, 5.74) is 2.37. The minimum atomic E-state index is -1.09. The Labute approximate surface area is 175 Å². The first-order valence-electron chi connectivity index (χ1n) is 10.2. The van der Waals surface area contributed by atoms with Gasteiger partial charge in [0.1, 0.15) is 5.69 Å². The van der Waals surface area contributed by atoms with Crippen LogP contribution in [-0.2, 0) is 6.54 Å². The molecular weight excluding hydrogens is 384 g/mol. The van der Waals surface area contributed by atoms with Crippen molar-refractivity contribution in [3.05, 3.63) is 53.3 Å². The number of nitrogens with zero attached hydrogens (tertiary/aromatic N) is 3. The standard InChI is InChI=1S/C22H26N4O4/c1-25-20-11-17(22(29)30)19(24-21(28)18-4-2-3-9-23-18)10-15(20)12-26(25)16-7-5-14(13-27)6-8-16/h2-4,9-11,14,16,27H,5-8,12-13H2,1H3,(H,24,28)(H,29,30). The van der Waals surface area contributed by atoms with Crippen molar-refractivity contribution in [3.63, 3.8) is 0 Å². The van der Waals surface area contributed by atoms with E-state index in [-0.39, 0.29) is 23.6 Å². The van der Waals surface area contributed by atoms with E-state index in [1.165, 1.54) is 6.20 Å². The Morgan fingerprint density at radius 3 is 2.60 bits per heavy atom. The van der Waals surface area contributed by atoms with E-state index in [0.29, 0.717) is 18.5 Å². The van der Waals surface area contributed by atoms with Crippen LogP contribution in [0.3, 0.4) is 0 Å². The quantitative estimate of drug-likeness (QED) is 0.696. The molecule has 1 fully saturated rings. The molecule has 4 rings (SSSR count). The van der Waals surface area contributed by atoms with Gasteiger partial charge in [0.15, 0.2) is 0 Å². The molecule has 3 N–H and O–H groups in total. The number of carboxylic acids is 1. The zero-order valence-corrected chi connectivity index (χ0v) is 16.9. The van der Waals surface area contributed by atoms with Gasteiger partial charge in [-0.15, -0.1) is 0 Å². The van der Waals surface area contributed by atoms with Crippen molar-refractivity contribution in [3.8, 4) is 0 Å². The summed E-state index contributed by atoms with van der Waals surface area (Å²) in [6.07, 6.45) is 5.51. The van der Waals surface area contributed by atoms with Gasteiger partial charge >= 0.3 is 5.97 Å². The maximum Gasteiger partial charge on any atom is 0.337 e. The first-order valence-corrected chi connectivity index (χ1v) is 10.2. The highest BCUT2D eigenvalue weighted by Crippen LogP contribution is 2.39. The van der Waals surface area contributed by atoms with E-state index >= 15 is 0 Å². The van der Waals surface area contributed by atoms with Crippen LogP contribution >= 0.6 is 0 Å². The molecule has 1 aromatic heterocycles. The summed E-state index contributed by atoms with van der Waals surface area (Å²) in [6, 6.07) is 8.75. The van der Waals surface area contributed by atoms with Crippen molar-refractivity contribution in [1.29, 1.82) is 0 Å². The number of aliphatic hydroxyl groups is 1. The Balaban J connectivity index is 1.58. The average Bonchev–Trinajstić information content (AvgIpc) is 3.09. The van der Waals surface area contributed by atoms with Gasteiger partial charge in [-0.25, -0.2) is 9.80 Å². The van der Waals surface area contributed by atoms with E-state index in [1.807, 2.05) is 12.1 Å². The van der Waals surface area contributed by atoms with E-state index in [1.54, 1.807) is 30.3 Å². The van der Waals surface area contributed by atoms with Gasteiger partial charge < -0.3 is 20.5 Å². The van der Waals surface area contributed by atoms with Gasteiger partial charge in [0, 0.05) is 32.4 Å². The fourth-order valence-corrected chi connectivity index (χ4v) is 4.44. The second-order valence-corrected chi connectivity index (χ2v) is 7.98. The molecule has 1 aliphatic carbocycles. The number of hydrazine groups is 1. The lowest BCUT2D eigenvalue weighted by Gasteiger charge is -2.38. The molecule has 1 amide bonds. The van der Waals surface area contributed by atoms with Crippen molar-refractivity contribution in [2.24, 2.45) is 5.92 Å². The number of anilines is 2. The molecule has 1 aromatic carbocycles. The van der Waals surface area contributed by atoms with Gasteiger partial charge in [-0.05, 0) is 61.4 Å². The van der Waals surface area contributed by atoms with Crippen LogP contribution in [0.5, 0.6) is 0 Å². The van der Waals surface area contributed by atoms with E-state index in [4.69, 9.17) is 0 Å². The van der Waals surface area contributed by atoms with Crippen molar-refractivity contribution in [2.75, 3.05) is 24.0 Å². The number of pyridine rings is 1. The highest BCUT2D eigenvalue weighted by atomic mass is 16.4. The van der Waals surface area contributed by atoms with Crippen LogP contribution in [0.25, 0.3) is 0 Å². The zero-order valence-electron chi connectivity index (χ0n) is 16.9. The van der Waals surface area contributed by atoms with Crippen LogP contribution in [0.4, 0.5) is 11.4 Å². The summed E-state index contributed by atoms with van der Waals surface area (Å²) < 4.78 is 0. The Morgan fingerprint density at radius 1 is 1.20 bits per heavy atom. The molecule has 2 heterocycles. The van der Waals surface area contributed by atoms with Crippen molar-refractivity contribution < 1.29 is 19.8 Å². The number of aliphatic hydroxyl groups excluding tert-OH is 1. The monoisotopic (exact) mass is 410 g/mol. The minimum Gasteiger partial charge on any atom is -0.478 e. The Hall–Kier alpha value is -2.97. The maximum atomic E-state index is 12.5. The summed E-state index contributed by atoms with van der Waals surface area (Å²) >= 11 is 0. The SMILES string of the molecule is CN1c2cc(C(=O)O)c(NC(=O)c3ccccn3)cc2CN1C1CCC(CO)CC1. The van der Waals surface area contributed by atoms with Crippen molar-refractivity contribution >= 4 is 23.3 Å². The molecular formula is C22H26N4O4. The Bertz CT molecular complexity index is 942. The zero-order chi connectivity index (χ0) is 21.3. The number of rotatable bonds is 5. The highest BCUT2D eigenvalue weighted by molar-refractivity contribution is 6.07. The number of carboxylic acid groups (broad SMARTS) is 1. The second kappa shape index (κ2) is 8.41. The third-order valence-corrected chi connectivity index (χ3v) is 6.16. The number of aromatic nitrogens is 1. The molecule has 0 atom stereocenters. The van der Waals surface area contributed by atoms with Gasteiger partial charge in [-0.3, -0.25) is 9.78 Å². The predicted octanol–water partition coefficient (Wildman–Crippen LogP) is 2.75. The Kier molecular flexibility index (Phi) is 5.69. The molecule has 30 heavy (non-hydrogen) atoms. The van der Waals surface area contributed by atoms with Gasteiger partial charge in [-0.1, -0.05) is 6.07 Å². The molecule has 2 aliphatic rings. The molecule has 8 nitrogen and oxygen atoms in total. The number of amides is 1. The van der Waals surface area contributed by atoms with Gasteiger partial charge in [-0.2, -0.15) is 0 Å². The van der Waals surface area contributed by atoms with Crippen LogP contribution in [0.15, 0.2) is 36.5 Å². The number of aromatic carboxylic acids is 1. The van der Waals surface area contributed by atoms with E-state index in [0.717, 1.165) is 36.9 Å². The molecule has 8 heteroatoms. The average molecular weight is 410 g/mol. The van der Waals surface area contributed by atoms with Crippen LogP contribution < -0.4 is 10.3 Å². The predicted molar refractivity (Wildman–Crippen MR) is 112 cm³/mol. The smallest absolute Gasteiger partial charge is 0.337 e. The largest absolute Gasteiger partial charge is 0.478 e. The second-order valence-electron chi connectivity index (χ2n) is 7.98. The van der Waals surface area contributed by atoms with Crippen LogP contribution in [0.1, 0.15) is 52.1 Å². The number of nitrogens with one attached hydrogen (secondary N) is 1. The highest BCUT2D eigenvalue weighted by Gasteiger charge is 2.34. The number of hydrogen-bond acceptors (Lipinski definition) is 6. The topological polar surface area (TPSA) is 106 Å². The molecule has 0 unspecified atom stereocenters. The molecule has 2 aromatic rings. The third kappa shape index (κ3) is 3.88. The summed E-state index contributed by atoms with van der Waals surface area (Å²) in [6.45, 7) is 0.900. The first-order chi connectivity index (χ1) is 14.5. The fraction of sp³-hybridized carbons (Fsp3) is 0.409. The minimum absolute atomic E-state index is 0.0516. The lowest BCUT2D eigenvalue weighted by molar-refractivity contribution is 0.0698. The van der Waals surface area contributed by atoms with Gasteiger partial charge in [0.05, 0.1) is 16.9 Å². The lowest BCUT2D eigenvalue weighted by Crippen LogP contribution is -2.44. The van der Waals surface area contributed by atoms with E-state index in [9.17, 15) is 19.8 Å². The normalized spacial score (nSPS) is 21.3. The van der Waals surface area contributed by atoms with Crippen LogP contribution in [0.2, 0.25) is 0 Å². The number of hydrogen-bond donors (Lipinski definition) is 3. The number of benzene rings is 1. The molecule has 0 radical (unpaired) electrons. The molecule has 0 spiro atoms. The van der Waals surface area contributed by atoms with E-state index in [2.05, 4.69) is 15.3 Å². The molecule has 1 saturated carbocycles. The van der Waals surface area contributed by atoms with Gasteiger partial charge in [0.2, 0.25) is 0 Å². The number of carbonyl (C=O) groups excluding carboxylic acids is 1. The third-order valence-electron chi connectivity index (χ3n) is 6.16. The summed E-state index contributed by atoms with van der Waals surface area (Å²) in [5.74, 6) is -1.16. The first kappa shape index (κ1) is 20.3. The van der Waals surface area contributed by atoms with Crippen LogP contribution in [0, 0.1) is 5.92 Å². The summed E-state index contributed by atoms with van der Waals surface area (Å²) in [5, 5.41) is 26.1. The maximum absolute atomic E-state index is 12.5. The van der Waals surface area contributed by atoms with E-state index < -0.39 is 11.9 Å². The molecule has 0 saturated heterocycles. The van der Waals surface area contributed by atoms with Crippen molar-refractivity contribution in [1.82, 2.24) is 9.99 Å². The molecule has 158 valence electrons. The summed E-state index contributed by atoms with van der Waals surface area (Å²) in [7, 11) is 1.95. The molecule has 1 aliphatic heterocycles. The summed E-state index contributed by atoms with van der Waals surface area (Å²) in [4.78, 5) is 28.4.